The molecular weight excluding hydrogens is 248 g/mol. The highest BCUT2D eigenvalue weighted by molar-refractivity contribution is 5.89. The summed E-state index contributed by atoms with van der Waals surface area (Å²) in [6.45, 7) is 5.86. The van der Waals surface area contributed by atoms with E-state index in [0.29, 0.717) is 6.42 Å². The Bertz CT molecular complexity index is 614. The smallest absolute Gasteiger partial charge is 0.155 e. The predicted octanol–water partition coefficient (Wildman–Crippen LogP) is 2.98. The highest BCUT2D eigenvalue weighted by atomic mass is 16.1. The average molecular weight is 270 g/mol. The predicted molar refractivity (Wildman–Crippen MR) is 82.8 cm³/mol. The van der Waals surface area contributed by atoms with Crippen molar-refractivity contribution >= 4 is 16.6 Å². The van der Waals surface area contributed by atoms with E-state index in [0.717, 1.165) is 16.5 Å². The van der Waals surface area contributed by atoms with Crippen LogP contribution < -0.4 is 5.32 Å². The van der Waals surface area contributed by atoms with Crippen LogP contribution in [-0.4, -0.2) is 23.9 Å². The lowest BCUT2D eigenvalue weighted by Crippen LogP contribution is -2.42. The van der Waals surface area contributed by atoms with Gasteiger partial charge in [-0.05, 0) is 18.5 Å². The zero-order valence-electron chi connectivity index (χ0n) is 12.6. The molecule has 0 aliphatic heterocycles. The molecule has 1 aromatic carbocycles. The molecule has 20 heavy (non-hydrogen) atoms. The number of hydrogen-bond acceptors (Lipinski definition) is 3. The van der Waals surface area contributed by atoms with Crippen molar-refractivity contribution in [3.8, 4) is 0 Å². The minimum absolute atomic E-state index is 0.191. The topological polar surface area (TPSA) is 42.0 Å². The van der Waals surface area contributed by atoms with Gasteiger partial charge in [-0.3, -0.25) is 9.78 Å². The molecule has 2 aromatic rings. The number of ketones is 1. The summed E-state index contributed by atoms with van der Waals surface area (Å²) in [5.74, 6) is 0.218. The van der Waals surface area contributed by atoms with Crippen LogP contribution in [0.25, 0.3) is 10.8 Å². The Morgan fingerprint density at radius 3 is 2.50 bits per heavy atom. The van der Waals surface area contributed by atoms with Crippen molar-refractivity contribution in [2.24, 2.45) is 5.41 Å². The number of benzene rings is 1. The van der Waals surface area contributed by atoms with E-state index in [2.05, 4.69) is 22.4 Å². The van der Waals surface area contributed by atoms with Gasteiger partial charge >= 0.3 is 0 Å². The van der Waals surface area contributed by atoms with E-state index in [1.807, 2.05) is 52.2 Å². The highest BCUT2D eigenvalue weighted by Gasteiger charge is 2.28. The number of hydrogen-bond donors (Lipinski definition) is 1. The zero-order valence-corrected chi connectivity index (χ0v) is 12.6. The van der Waals surface area contributed by atoms with Crippen molar-refractivity contribution in [3.63, 3.8) is 0 Å². The van der Waals surface area contributed by atoms with E-state index >= 15 is 0 Å². The molecule has 106 valence electrons. The van der Waals surface area contributed by atoms with Gasteiger partial charge in [0.25, 0.3) is 0 Å². The number of Topliss-reactive ketones (excluding diaryl/α,β-unsaturated/α-hetero) is 1. The summed E-state index contributed by atoms with van der Waals surface area (Å²) < 4.78 is 0. The Morgan fingerprint density at radius 2 is 1.90 bits per heavy atom. The molecule has 0 amide bonds. The molecule has 0 fully saturated rings. The first-order valence-corrected chi connectivity index (χ1v) is 6.97. The first-order chi connectivity index (χ1) is 9.41. The molecule has 0 saturated heterocycles. The molecule has 1 atom stereocenters. The summed E-state index contributed by atoms with van der Waals surface area (Å²) in [5.41, 5.74) is 0.602. The molecule has 2 rings (SSSR count). The maximum atomic E-state index is 12.4. The fourth-order valence-electron chi connectivity index (χ4n) is 2.30. The largest absolute Gasteiger partial charge is 0.310 e. The van der Waals surface area contributed by atoms with Crippen LogP contribution in [-0.2, 0) is 11.2 Å². The van der Waals surface area contributed by atoms with Crippen molar-refractivity contribution in [1.29, 1.82) is 0 Å². The minimum Gasteiger partial charge on any atom is -0.310 e. The Morgan fingerprint density at radius 1 is 1.25 bits per heavy atom. The van der Waals surface area contributed by atoms with Crippen LogP contribution in [0.15, 0.2) is 36.5 Å². The fourth-order valence-corrected chi connectivity index (χ4v) is 2.30. The van der Waals surface area contributed by atoms with Crippen LogP contribution in [0.3, 0.4) is 0 Å². The van der Waals surface area contributed by atoms with E-state index in [9.17, 15) is 4.79 Å². The van der Waals surface area contributed by atoms with E-state index < -0.39 is 0 Å². The van der Waals surface area contributed by atoms with Gasteiger partial charge in [-0.25, -0.2) is 0 Å². The first kappa shape index (κ1) is 14.7. The van der Waals surface area contributed by atoms with Gasteiger partial charge in [0.2, 0.25) is 0 Å². The molecule has 0 saturated carbocycles. The number of carbonyl (C=O) groups excluding carboxylic acids is 1. The minimum atomic E-state index is -0.343. The van der Waals surface area contributed by atoms with Crippen molar-refractivity contribution in [2.75, 3.05) is 7.05 Å². The van der Waals surface area contributed by atoms with Gasteiger partial charge in [0.05, 0.1) is 6.04 Å². The third-order valence-corrected chi connectivity index (χ3v) is 3.50. The van der Waals surface area contributed by atoms with Gasteiger partial charge in [-0.1, -0.05) is 45.0 Å². The Balaban J connectivity index is 2.23. The van der Waals surface area contributed by atoms with Gasteiger partial charge in [0, 0.05) is 29.1 Å². The second-order valence-electron chi connectivity index (χ2n) is 6.18. The van der Waals surface area contributed by atoms with Gasteiger partial charge in [-0.15, -0.1) is 0 Å². The number of pyridine rings is 1. The summed E-state index contributed by atoms with van der Waals surface area (Å²) in [6, 6.07) is 10.0. The number of rotatable bonds is 4. The third kappa shape index (κ3) is 3.23. The third-order valence-electron chi connectivity index (χ3n) is 3.50. The molecule has 0 aliphatic rings. The fraction of sp³-hybridized carbons (Fsp3) is 0.412. The Labute approximate surface area is 120 Å². The van der Waals surface area contributed by atoms with Gasteiger partial charge in [0.1, 0.15) is 0 Å². The lowest BCUT2D eigenvalue weighted by atomic mass is 9.85. The SMILES string of the molecule is CN[C@@H](Cc1cc2ccccc2cn1)C(=O)C(C)(C)C. The van der Waals surface area contributed by atoms with Crippen molar-refractivity contribution in [2.45, 2.75) is 33.2 Å². The Hall–Kier alpha value is -1.74. The summed E-state index contributed by atoms with van der Waals surface area (Å²) in [7, 11) is 1.83. The molecule has 0 aliphatic carbocycles. The van der Waals surface area contributed by atoms with Gasteiger partial charge < -0.3 is 5.32 Å². The molecule has 1 N–H and O–H groups in total. The van der Waals surface area contributed by atoms with E-state index in [-0.39, 0.29) is 17.2 Å². The van der Waals surface area contributed by atoms with Crippen LogP contribution in [0.1, 0.15) is 26.5 Å². The molecule has 0 spiro atoms. The number of aromatic nitrogens is 1. The molecule has 0 unspecified atom stereocenters. The molecule has 3 heteroatoms. The summed E-state index contributed by atoms with van der Waals surface area (Å²) in [5, 5.41) is 5.40. The van der Waals surface area contributed by atoms with Crippen molar-refractivity contribution in [1.82, 2.24) is 10.3 Å². The van der Waals surface area contributed by atoms with Crippen LogP contribution in [0.2, 0.25) is 0 Å². The number of fused-ring (bicyclic) bond motifs is 1. The number of nitrogens with one attached hydrogen (secondary N) is 1. The van der Waals surface area contributed by atoms with Crippen molar-refractivity contribution < 1.29 is 4.79 Å². The highest BCUT2D eigenvalue weighted by Crippen LogP contribution is 2.20. The monoisotopic (exact) mass is 270 g/mol. The molecular formula is C17H22N2O. The summed E-state index contributed by atoms with van der Waals surface area (Å²) in [6.07, 6.45) is 2.50. The molecule has 1 heterocycles. The maximum absolute atomic E-state index is 12.4. The first-order valence-electron chi connectivity index (χ1n) is 6.97. The molecule has 0 radical (unpaired) electrons. The normalized spacial score (nSPS) is 13.4. The van der Waals surface area contributed by atoms with Crippen LogP contribution in [0, 0.1) is 5.41 Å². The summed E-state index contributed by atoms with van der Waals surface area (Å²) >= 11 is 0. The van der Waals surface area contributed by atoms with E-state index in [1.165, 1.54) is 0 Å². The second kappa shape index (κ2) is 5.71. The summed E-state index contributed by atoms with van der Waals surface area (Å²) in [4.78, 5) is 16.8. The van der Waals surface area contributed by atoms with Gasteiger partial charge in [0.15, 0.2) is 5.78 Å². The van der Waals surface area contributed by atoms with Crippen LogP contribution in [0.4, 0.5) is 0 Å². The molecule has 3 nitrogen and oxygen atoms in total. The zero-order chi connectivity index (χ0) is 14.8. The molecule has 0 bridgehead atoms. The van der Waals surface area contributed by atoms with Crippen LogP contribution >= 0.6 is 0 Å². The quantitative estimate of drug-likeness (QED) is 0.928. The van der Waals surface area contributed by atoms with E-state index in [1.54, 1.807) is 0 Å². The number of likely N-dealkylation sites (N-methyl/N-ethyl adjacent to an activating group) is 1. The van der Waals surface area contributed by atoms with Gasteiger partial charge in [-0.2, -0.15) is 0 Å². The van der Waals surface area contributed by atoms with Crippen molar-refractivity contribution in [3.05, 3.63) is 42.2 Å². The second-order valence-corrected chi connectivity index (χ2v) is 6.18. The Kier molecular flexibility index (Phi) is 4.19. The number of carbonyl (C=O) groups is 1. The number of nitrogens with zero attached hydrogens (tertiary/aromatic N) is 1. The average Bonchev–Trinajstić information content (AvgIpc) is 2.43. The van der Waals surface area contributed by atoms with E-state index in [4.69, 9.17) is 0 Å². The maximum Gasteiger partial charge on any atom is 0.155 e. The van der Waals surface area contributed by atoms with Crippen LogP contribution in [0.5, 0.6) is 0 Å². The lowest BCUT2D eigenvalue weighted by Gasteiger charge is -2.24. The molecule has 1 aromatic heterocycles. The standard InChI is InChI=1S/C17H22N2O/c1-17(2,3)16(20)15(18-4)10-14-9-12-7-5-6-8-13(12)11-19-14/h5-9,11,15,18H,10H2,1-4H3/t15-/m0/s1. The lowest BCUT2D eigenvalue weighted by molar-refractivity contribution is -0.128.